The number of hydrogen-bond donors (Lipinski definition) is 0. The van der Waals surface area contributed by atoms with Crippen LogP contribution in [0.5, 0.6) is 0 Å². The number of aldehydes is 1. The van der Waals surface area contributed by atoms with Crippen molar-refractivity contribution in [3.8, 4) is 0 Å². The maximum absolute atomic E-state index is 14.4. The van der Waals surface area contributed by atoms with Crippen LogP contribution < -0.4 is 0 Å². The summed E-state index contributed by atoms with van der Waals surface area (Å²) in [6.45, 7) is 7.46. The SMILES string of the molecule is CC1(C)OB(C(F)=Cc2cc(Br)cc(C=O)c2)OC1(C)C. The topological polar surface area (TPSA) is 35.5 Å². The normalized spacial score (nSPS) is 20.7. The zero-order chi connectivity index (χ0) is 15.8. The predicted octanol–water partition coefficient (Wildman–Crippen LogP) is 4.20. The highest BCUT2D eigenvalue weighted by Crippen LogP contribution is 2.39. The maximum Gasteiger partial charge on any atom is 0.525 e. The van der Waals surface area contributed by atoms with Gasteiger partial charge in [-0.15, -0.1) is 0 Å². The van der Waals surface area contributed by atoms with E-state index in [4.69, 9.17) is 9.31 Å². The first kappa shape index (κ1) is 16.4. The van der Waals surface area contributed by atoms with E-state index in [-0.39, 0.29) is 0 Å². The van der Waals surface area contributed by atoms with E-state index >= 15 is 0 Å². The molecule has 1 aromatic rings. The fraction of sp³-hybridized carbons (Fsp3) is 0.400. The van der Waals surface area contributed by atoms with Crippen molar-refractivity contribution in [3.05, 3.63) is 39.5 Å². The molecule has 6 heteroatoms. The van der Waals surface area contributed by atoms with Gasteiger partial charge in [-0.2, -0.15) is 0 Å². The van der Waals surface area contributed by atoms with Gasteiger partial charge in [0, 0.05) is 10.0 Å². The zero-order valence-corrected chi connectivity index (χ0v) is 14.0. The van der Waals surface area contributed by atoms with E-state index in [0.29, 0.717) is 15.6 Å². The molecule has 0 saturated carbocycles. The van der Waals surface area contributed by atoms with E-state index in [1.165, 1.54) is 6.08 Å². The Bertz CT molecular complexity index is 583. The van der Waals surface area contributed by atoms with Crippen LogP contribution in [-0.4, -0.2) is 24.6 Å². The average molecular weight is 355 g/mol. The van der Waals surface area contributed by atoms with Gasteiger partial charge in [0.25, 0.3) is 0 Å². The van der Waals surface area contributed by atoms with Gasteiger partial charge in [-0.1, -0.05) is 15.9 Å². The first-order valence-electron chi connectivity index (χ1n) is 6.63. The van der Waals surface area contributed by atoms with Gasteiger partial charge < -0.3 is 9.31 Å². The summed E-state index contributed by atoms with van der Waals surface area (Å²) in [7, 11) is -1.03. The van der Waals surface area contributed by atoms with Crippen molar-refractivity contribution in [2.45, 2.75) is 38.9 Å². The third-order valence-corrected chi connectivity index (χ3v) is 4.32. The van der Waals surface area contributed by atoms with Crippen LogP contribution in [0.3, 0.4) is 0 Å². The number of hydrogen-bond acceptors (Lipinski definition) is 3. The molecule has 1 aromatic carbocycles. The molecule has 21 heavy (non-hydrogen) atoms. The van der Waals surface area contributed by atoms with Crippen LogP contribution >= 0.6 is 15.9 Å². The Hall–Kier alpha value is -0.975. The Morgan fingerprint density at radius 1 is 1.14 bits per heavy atom. The van der Waals surface area contributed by atoms with Gasteiger partial charge in [-0.25, -0.2) is 4.39 Å². The molecule has 0 unspecified atom stereocenters. The smallest absolute Gasteiger partial charge is 0.398 e. The van der Waals surface area contributed by atoms with E-state index in [1.807, 2.05) is 27.7 Å². The van der Waals surface area contributed by atoms with Crippen molar-refractivity contribution in [1.29, 1.82) is 0 Å². The van der Waals surface area contributed by atoms with Crippen LogP contribution in [0.15, 0.2) is 28.4 Å². The van der Waals surface area contributed by atoms with E-state index in [2.05, 4.69) is 15.9 Å². The second kappa shape index (κ2) is 5.67. The van der Waals surface area contributed by atoms with E-state index < -0.39 is 24.0 Å². The Balaban J connectivity index is 2.27. The molecule has 3 nitrogen and oxygen atoms in total. The molecule has 1 fully saturated rings. The fourth-order valence-electron chi connectivity index (χ4n) is 1.97. The molecule has 0 spiro atoms. The molecule has 0 N–H and O–H groups in total. The first-order chi connectivity index (χ1) is 9.64. The Morgan fingerprint density at radius 3 is 2.19 bits per heavy atom. The third kappa shape index (κ3) is 3.44. The average Bonchev–Trinajstić information content (AvgIpc) is 2.57. The molecule has 1 saturated heterocycles. The van der Waals surface area contributed by atoms with Crippen molar-refractivity contribution in [1.82, 2.24) is 0 Å². The molecule has 0 aliphatic carbocycles. The standard InChI is InChI=1S/C15H17BBrFO3/c1-14(2)15(3,4)21-16(20-14)13(18)8-10-5-11(9-19)7-12(17)6-10/h5-9H,1-4H3. The van der Waals surface area contributed by atoms with Crippen LogP contribution in [0, 0.1) is 0 Å². The molecule has 1 aliphatic heterocycles. The van der Waals surface area contributed by atoms with Gasteiger partial charge in [0.1, 0.15) is 12.0 Å². The second-order valence-electron chi connectivity index (χ2n) is 6.05. The van der Waals surface area contributed by atoms with Gasteiger partial charge >= 0.3 is 7.12 Å². The Kier molecular flexibility index (Phi) is 4.43. The van der Waals surface area contributed by atoms with Gasteiger partial charge in [-0.3, -0.25) is 4.79 Å². The number of rotatable bonds is 3. The molecular weight excluding hydrogens is 338 g/mol. The van der Waals surface area contributed by atoms with E-state index in [0.717, 1.165) is 6.29 Å². The quantitative estimate of drug-likeness (QED) is 0.602. The van der Waals surface area contributed by atoms with Crippen molar-refractivity contribution >= 4 is 35.4 Å². The molecule has 1 aliphatic rings. The molecular formula is C15H17BBrFO3. The predicted molar refractivity (Wildman–Crippen MR) is 84.7 cm³/mol. The molecule has 0 atom stereocenters. The lowest BCUT2D eigenvalue weighted by atomic mass is 9.86. The summed E-state index contributed by atoms with van der Waals surface area (Å²) in [5.41, 5.74) is -0.665. The largest absolute Gasteiger partial charge is 0.525 e. The van der Waals surface area contributed by atoms with Crippen molar-refractivity contribution in [2.24, 2.45) is 0 Å². The lowest BCUT2D eigenvalue weighted by Gasteiger charge is -2.32. The van der Waals surface area contributed by atoms with Gasteiger partial charge in [-0.05, 0) is 57.5 Å². The number of carbonyl (C=O) groups excluding carboxylic acids is 1. The lowest BCUT2D eigenvalue weighted by molar-refractivity contribution is 0.00578. The van der Waals surface area contributed by atoms with Crippen molar-refractivity contribution < 1.29 is 18.5 Å². The Morgan fingerprint density at radius 2 is 1.67 bits per heavy atom. The molecule has 0 amide bonds. The minimum atomic E-state index is -1.03. The Labute approximate surface area is 132 Å². The lowest BCUT2D eigenvalue weighted by Crippen LogP contribution is -2.41. The van der Waals surface area contributed by atoms with E-state index in [9.17, 15) is 9.18 Å². The monoisotopic (exact) mass is 354 g/mol. The molecule has 1 heterocycles. The highest BCUT2D eigenvalue weighted by molar-refractivity contribution is 9.10. The first-order valence-corrected chi connectivity index (χ1v) is 7.42. The molecule has 0 aromatic heterocycles. The van der Waals surface area contributed by atoms with Crippen LogP contribution in [0.4, 0.5) is 4.39 Å². The summed E-state index contributed by atoms with van der Waals surface area (Å²) in [5.74, 6) is 0. The number of halogens is 2. The van der Waals surface area contributed by atoms with Crippen LogP contribution in [0.25, 0.3) is 6.08 Å². The van der Waals surface area contributed by atoms with Crippen molar-refractivity contribution in [3.63, 3.8) is 0 Å². The fourth-order valence-corrected chi connectivity index (χ4v) is 2.50. The highest BCUT2D eigenvalue weighted by atomic mass is 79.9. The second-order valence-corrected chi connectivity index (χ2v) is 6.97. The summed E-state index contributed by atoms with van der Waals surface area (Å²) in [6.07, 6.45) is 2.04. The van der Waals surface area contributed by atoms with Crippen LogP contribution in [0.2, 0.25) is 0 Å². The van der Waals surface area contributed by atoms with Crippen molar-refractivity contribution in [2.75, 3.05) is 0 Å². The minimum Gasteiger partial charge on any atom is -0.398 e. The maximum atomic E-state index is 14.4. The van der Waals surface area contributed by atoms with Crippen LogP contribution in [0.1, 0.15) is 43.6 Å². The van der Waals surface area contributed by atoms with E-state index in [1.54, 1.807) is 18.2 Å². The molecule has 0 bridgehead atoms. The molecule has 112 valence electrons. The summed E-state index contributed by atoms with van der Waals surface area (Å²) >= 11 is 3.29. The summed E-state index contributed by atoms with van der Waals surface area (Å²) in [6, 6.07) is 4.98. The summed E-state index contributed by atoms with van der Waals surface area (Å²) < 4.78 is 26.3. The van der Waals surface area contributed by atoms with Gasteiger partial charge in [0.2, 0.25) is 0 Å². The minimum absolute atomic E-state index is 0.470. The van der Waals surface area contributed by atoms with Gasteiger partial charge in [0.05, 0.1) is 11.2 Å². The number of carbonyl (C=O) groups is 1. The third-order valence-electron chi connectivity index (χ3n) is 3.86. The summed E-state index contributed by atoms with van der Waals surface area (Å²) in [4.78, 5) is 10.8. The molecule has 0 radical (unpaired) electrons. The van der Waals surface area contributed by atoms with Crippen LogP contribution in [-0.2, 0) is 9.31 Å². The summed E-state index contributed by atoms with van der Waals surface area (Å²) in [5, 5.41) is 0. The highest BCUT2D eigenvalue weighted by Gasteiger charge is 2.53. The zero-order valence-electron chi connectivity index (χ0n) is 12.4. The number of benzene rings is 1. The van der Waals surface area contributed by atoms with Gasteiger partial charge in [0.15, 0.2) is 0 Å². The molecule has 2 rings (SSSR count).